The van der Waals surface area contributed by atoms with Gasteiger partial charge in [0, 0.05) is 13.2 Å². The van der Waals surface area contributed by atoms with E-state index in [2.05, 4.69) is 20.8 Å². The Bertz CT molecular complexity index is 404. The van der Waals surface area contributed by atoms with E-state index in [9.17, 15) is 0 Å². The monoisotopic (exact) mass is 551 g/mol. The lowest BCUT2D eigenvalue weighted by Gasteiger charge is -2.06. The van der Waals surface area contributed by atoms with Crippen LogP contribution in [-0.4, -0.2) is 13.2 Å². The van der Waals surface area contributed by atoms with Crippen LogP contribution in [-0.2, 0) is 4.74 Å². The average Bonchev–Trinajstić information content (AvgIpc) is 2.93. The van der Waals surface area contributed by atoms with Crippen LogP contribution in [0.15, 0.2) is 0 Å². The van der Waals surface area contributed by atoms with Gasteiger partial charge in [-0.15, -0.1) is 0 Å². The average molecular weight is 551 g/mol. The molecule has 0 aliphatic carbocycles. The Morgan fingerprint density at radius 2 is 0.513 bits per heavy atom. The van der Waals surface area contributed by atoms with Crippen molar-refractivity contribution in [1.29, 1.82) is 0 Å². The van der Waals surface area contributed by atoms with Gasteiger partial charge in [-0.05, 0) is 12.3 Å². The molecule has 1 heteroatoms. The molecule has 0 saturated carbocycles. The van der Waals surface area contributed by atoms with Gasteiger partial charge in [-0.1, -0.05) is 220 Å². The zero-order valence-corrected chi connectivity index (χ0v) is 28.0. The van der Waals surface area contributed by atoms with Crippen LogP contribution in [0.2, 0.25) is 0 Å². The van der Waals surface area contributed by atoms with E-state index in [1.807, 2.05) is 0 Å². The van der Waals surface area contributed by atoms with E-state index in [0.29, 0.717) is 5.92 Å². The quantitative estimate of drug-likeness (QED) is 0.0713. The molecule has 0 heterocycles. The number of unbranched alkanes of at least 4 members (excludes halogenated alkanes) is 31. The number of hydrogen-bond acceptors (Lipinski definition) is 1. The zero-order chi connectivity index (χ0) is 28.3. The minimum absolute atomic E-state index is 0.674. The molecule has 0 saturated heterocycles. The Morgan fingerprint density at radius 1 is 0.308 bits per heavy atom. The fourth-order valence-corrected chi connectivity index (χ4v) is 5.90. The third kappa shape index (κ3) is 38.0. The summed E-state index contributed by atoms with van der Waals surface area (Å²) < 4.78 is 5.66. The normalized spacial score (nSPS) is 11.7. The van der Waals surface area contributed by atoms with Crippen molar-refractivity contribution < 1.29 is 4.74 Å². The molecule has 0 aromatic carbocycles. The van der Waals surface area contributed by atoms with E-state index >= 15 is 0 Å². The van der Waals surface area contributed by atoms with Crippen LogP contribution in [0.3, 0.4) is 0 Å². The zero-order valence-electron chi connectivity index (χ0n) is 28.0. The summed E-state index contributed by atoms with van der Waals surface area (Å²) in [6, 6.07) is 0. The molecule has 39 heavy (non-hydrogen) atoms. The summed E-state index contributed by atoms with van der Waals surface area (Å²) >= 11 is 0. The van der Waals surface area contributed by atoms with Gasteiger partial charge in [0.25, 0.3) is 0 Å². The van der Waals surface area contributed by atoms with E-state index in [-0.39, 0.29) is 0 Å². The smallest absolute Gasteiger partial charge is 0.0488 e. The predicted octanol–water partition coefficient (Wildman–Crippen LogP) is 14.2. The van der Waals surface area contributed by atoms with Gasteiger partial charge < -0.3 is 4.74 Å². The minimum Gasteiger partial charge on any atom is -0.381 e. The molecule has 0 bridgehead atoms. The predicted molar refractivity (Wildman–Crippen MR) is 179 cm³/mol. The number of ether oxygens (including phenoxy) is 1. The first kappa shape index (κ1) is 39.0. The van der Waals surface area contributed by atoms with Gasteiger partial charge in [-0.3, -0.25) is 0 Å². The van der Waals surface area contributed by atoms with Crippen molar-refractivity contribution in [3.8, 4) is 0 Å². The fourth-order valence-electron chi connectivity index (χ4n) is 5.90. The summed E-state index contributed by atoms with van der Waals surface area (Å²) in [4.78, 5) is 0. The molecule has 0 rings (SSSR count). The highest BCUT2D eigenvalue weighted by atomic mass is 16.5. The summed E-state index contributed by atoms with van der Waals surface area (Å²) in [5, 5.41) is 0. The number of hydrogen-bond donors (Lipinski definition) is 0. The van der Waals surface area contributed by atoms with Gasteiger partial charge in [0.1, 0.15) is 0 Å². The highest BCUT2D eigenvalue weighted by Crippen LogP contribution is 2.16. The van der Waals surface area contributed by atoms with Crippen molar-refractivity contribution in [2.45, 2.75) is 226 Å². The molecule has 0 radical (unpaired) electrons. The summed E-state index contributed by atoms with van der Waals surface area (Å²) in [7, 11) is 0. The number of rotatable bonds is 35. The van der Waals surface area contributed by atoms with E-state index in [1.54, 1.807) is 0 Å². The fraction of sp³-hybridized carbons (Fsp3) is 1.00. The SMILES string of the molecule is CCCCCCCCCCCCCCCCCCCCCCCCCCCCCCCCCCOCC(C)C. The van der Waals surface area contributed by atoms with Gasteiger partial charge in [0.2, 0.25) is 0 Å². The second-order valence-electron chi connectivity index (χ2n) is 13.4. The van der Waals surface area contributed by atoms with E-state index < -0.39 is 0 Å². The Hall–Kier alpha value is -0.0400. The highest BCUT2D eigenvalue weighted by molar-refractivity contribution is 4.53. The maximum absolute atomic E-state index is 5.66. The van der Waals surface area contributed by atoms with Crippen LogP contribution in [0.1, 0.15) is 226 Å². The van der Waals surface area contributed by atoms with E-state index in [1.165, 1.54) is 205 Å². The van der Waals surface area contributed by atoms with Crippen molar-refractivity contribution >= 4 is 0 Å². The third-order valence-corrected chi connectivity index (χ3v) is 8.59. The molecule has 1 nitrogen and oxygen atoms in total. The first-order valence-electron chi connectivity index (χ1n) is 18.8. The van der Waals surface area contributed by atoms with Crippen molar-refractivity contribution in [2.24, 2.45) is 5.92 Å². The summed E-state index contributed by atoms with van der Waals surface area (Å²) in [5.41, 5.74) is 0. The summed E-state index contributed by atoms with van der Waals surface area (Å²) in [6.45, 7) is 8.66. The van der Waals surface area contributed by atoms with Gasteiger partial charge in [-0.2, -0.15) is 0 Å². The van der Waals surface area contributed by atoms with Crippen molar-refractivity contribution in [1.82, 2.24) is 0 Å². The molecule has 0 aliphatic heterocycles. The molecule has 0 atom stereocenters. The van der Waals surface area contributed by atoms with Gasteiger partial charge in [0.15, 0.2) is 0 Å². The maximum atomic E-state index is 5.66. The molecule has 0 unspecified atom stereocenters. The van der Waals surface area contributed by atoms with Crippen LogP contribution >= 0.6 is 0 Å². The molecule has 0 aromatic rings. The van der Waals surface area contributed by atoms with Crippen LogP contribution in [0.4, 0.5) is 0 Å². The molecule has 236 valence electrons. The largest absolute Gasteiger partial charge is 0.381 e. The van der Waals surface area contributed by atoms with E-state index in [4.69, 9.17) is 4.74 Å². The lowest BCUT2D eigenvalue weighted by Crippen LogP contribution is -2.02. The molecule has 0 N–H and O–H groups in total. The molecular formula is C38H78O. The lowest BCUT2D eigenvalue weighted by atomic mass is 10.0. The van der Waals surface area contributed by atoms with Crippen molar-refractivity contribution in [2.75, 3.05) is 13.2 Å². The van der Waals surface area contributed by atoms with Crippen LogP contribution in [0, 0.1) is 5.92 Å². The van der Waals surface area contributed by atoms with Gasteiger partial charge >= 0.3 is 0 Å². The van der Waals surface area contributed by atoms with Gasteiger partial charge in [0.05, 0.1) is 0 Å². The molecule has 0 spiro atoms. The molecule has 0 fully saturated rings. The lowest BCUT2D eigenvalue weighted by molar-refractivity contribution is 0.106. The first-order valence-corrected chi connectivity index (χ1v) is 18.8. The van der Waals surface area contributed by atoms with Crippen molar-refractivity contribution in [3.05, 3.63) is 0 Å². The Kier molecular flexibility index (Phi) is 35.9. The third-order valence-electron chi connectivity index (χ3n) is 8.59. The van der Waals surface area contributed by atoms with Crippen molar-refractivity contribution in [3.63, 3.8) is 0 Å². The topological polar surface area (TPSA) is 9.23 Å². The van der Waals surface area contributed by atoms with Crippen LogP contribution in [0.25, 0.3) is 0 Å². The standard InChI is InChI=1S/C38H78O/c1-4-5-6-7-8-9-10-11-12-13-14-15-16-17-18-19-20-21-22-23-24-25-26-27-28-29-30-31-32-33-34-35-36-39-37-38(2)3/h38H,4-37H2,1-3H3. The maximum Gasteiger partial charge on any atom is 0.0488 e. The molecule has 0 aromatic heterocycles. The highest BCUT2D eigenvalue weighted by Gasteiger charge is 1.98. The van der Waals surface area contributed by atoms with Crippen LogP contribution < -0.4 is 0 Å². The minimum atomic E-state index is 0.674. The molecule has 0 amide bonds. The van der Waals surface area contributed by atoms with Crippen LogP contribution in [0.5, 0.6) is 0 Å². The summed E-state index contributed by atoms with van der Waals surface area (Å²) in [5.74, 6) is 0.674. The molecule has 0 aliphatic rings. The Labute approximate surface area is 249 Å². The Morgan fingerprint density at radius 3 is 0.718 bits per heavy atom. The van der Waals surface area contributed by atoms with Gasteiger partial charge in [-0.25, -0.2) is 0 Å². The molecular weight excluding hydrogens is 472 g/mol. The second kappa shape index (κ2) is 36.0. The first-order chi connectivity index (χ1) is 19.3. The van der Waals surface area contributed by atoms with E-state index in [0.717, 1.165) is 13.2 Å². The Balaban J connectivity index is 3.02. The second-order valence-corrected chi connectivity index (χ2v) is 13.4. The summed E-state index contributed by atoms with van der Waals surface area (Å²) in [6.07, 6.45) is 46.8.